The molecule has 0 fully saturated rings. The molecular formula is C14H18ClN5O2. The number of anilines is 1. The van der Waals surface area contributed by atoms with Crippen molar-refractivity contribution in [2.24, 2.45) is 5.73 Å². The van der Waals surface area contributed by atoms with Gasteiger partial charge in [0, 0.05) is 12.0 Å². The van der Waals surface area contributed by atoms with Gasteiger partial charge in [-0.15, -0.1) is 10.2 Å². The van der Waals surface area contributed by atoms with Crippen LogP contribution in [0.15, 0.2) is 16.7 Å². The highest BCUT2D eigenvalue weighted by Gasteiger charge is 2.15. The van der Waals surface area contributed by atoms with Gasteiger partial charge in [-0.2, -0.15) is 0 Å². The van der Waals surface area contributed by atoms with E-state index in [1.165, 1.54) is 6.07 Å². The lowest BCUT2D eigenvalue weighted by atomic mass is 9.99. The number of primary amides is 1. The zero-order valence-electron chi connectivity index (χ0n) is 12.5. The zero-order valence-corrected chi connectivity index (χ0v) is 13.2. The summed E-state index contributed by atoms with van der Waals surface area (Å²) in [5, 5.41) is 14.7. The minimum Gasteiger partial charge on any atom is -0.365 e. The molecule has 0 spiro atoms. The number of nitrogens with zero attached hydrogens (tertiary/aromatic N) is 3. The molecule has 2 aromatic heterocycles. The second-order valence-electron chi connectivity index (χ2n) is 4.88. The van der Waals surface area contributed by atoms with Gasteiger partial charge in [-0.3, -0.25) is 4.79 Å². The number of aromatic nitrogens is 3. The van der Waals surface area contributed by atoms with Crippen molar-refractivity contribution in [3.05, 3.63) is 34.3 Å². The van der Waals surface area contributed by atoms with Gasteiger partial charge >= 0.3 is 0 Å². The van der Waals surface area contributed by atoms with Crippen molar-refractivity contribution in [2.75, 3.05) is 5.32 Å². The largest absolute Gasteiger partial charge is 0.365 e. The summed E-state index contributed by atoms with van der Waals surface area (Å²) < 4.78 is 5.29. The molecule has 3 N–H and O–H groups in total. The van der Waals surface area contributed by atoms with E-state index in [1.807, 2.05) is 6.07 Å². The van der Waals surface area contributed by atoms with Crippen molar-refractivity contribution < 1.29 is 9.32 Å². The third-order valence-corrected chi connectivity index (χ3v) is 3.63. The van der Waals surface area contributed by atoms with E-state index in [0.717, 1.165) is 18.5 Å². The monoisotopic (exact) mass is 323 g/mol. The second kappa shape index (κ2) is 7.22. The summed E-state index contributed by atoms with van der Waals surface area (Å²) in [5.74, 6) is 0.662. The summed E-state index contributed by atoms with van der Waals surface area (Å²) >= 11 is 5.71. The van der Waals surface area contributed by atoms with E-state index in [9.17, 15) is 4.79 Å². The Morgan fingerprint density at radius 3 is 2.73 bits per heavy atom. The quantitative estimate of drug-likeness (QED) is 0.811. The number of halogens is 1. The fraction of sp³-hybridized carbons (Fsp3) is 0.429. The smallest absolute Gasteiger partial charge is 0.252 e. The molecule has 0 saturated heterocycles. The molecule has 0 atom stereocenters. The van der Waals surface area contributed by atoms with Crippen molar-refractivity contribution in [3.8, 4) is 0 Å². The minimum absolute atomic E-state index is 0.107. The van der Waals surface area contributed by atoms with Gasteiger partial charge in [-0.1, -0.05) is 30.6 Å². The molecule has 2 rings (SSSR count). The topological polar surface area (TPSA) is 107 Å². The maximum atomic E-state index is 11.4. The first-order chi connectivity index (χ1) is 10.5. The van der Waals surface area contributed by atoms with Gasteiger partial charge in [-0.25, -0.2) is 0 Å². The van der Waals surface area contributed by atoms with Gasteiger partial charge in [0.2, 0.25) is 0 Å². The summed E-state index contributed by atoms with van der Waals surface area (Å²) in [6.07, 6.45) is 2.01. The molecular weight excluding hydrogens is 306 g/mol. The molecule has 1 amide bonds. The maximum Gasteiger partial charge on any atom is 0.252 e. The molecule has 0 aliphatic heterocycles. The Kier molecular flexibility index (Phi) is 5.32. The van der Waals surface area contributed by atoms with E-state index >= 15 is 0 Å². The highest BCUT2D eigenvalue weighted by molar-refractivity contribution is 6.29. The van der Waals surface area contributed by atoms with Crippen LogP contribution >= 0.6 is 11.6 Å². The Labute approximate surface area is 133 Å². The van der Waals surface area contributed by atoms with E-state index in [0.29, 0.717) is 18.2 Å². The molecule has 7 nitrogen and oxygen atoms in total. The second-order valence-corrected chi connectivity index (χ2v) is 5.27. The summed E-state index contributed by atoms with van der Waals surface area (Å²) in [6.45, 7) is 4.55. The number of amides is 1. The third-order valence-electron chi connectivity index (χ3n) is 3.44. The first kappa shape index (κ1) is 16.2. The Bertz CT molecular complexity index is 654. The Morgan fingerprint density at radius 1 is 1.36 bits per heavy atom. The minimum atomic E-state index is -0.630. The molecule has 2 aromatic rings. The zero-order chi connectivity index (χ0) is 16.1. The van der Waals surface area contributed by atoms with E-state index < -0.39 is 5.91 Å². The number of carbonyl (C=O) groups is 1. The van der Waals surface area contributed by atoms with Gasteiger partial charge in [0.05, 0.1) is 17.8 Å². The van der Waals surface area contributed by atoms with Crippen LogP contribution in [-0.2, 0) is 6.54 Å². The van der Waals surface area contributed by atoms with Crippen molar-refractivity contribution >= 4 is 23.3 Å². The molecule has 0 aromatic carbocycles. The molecule has 8 heteroatoms. The Morgan fingerprint density at radius 2 is 2.09 bits per heavy atom. The van der Waals surface area contributed by atoms with Gasteiger partial charge in [0.25, 0.3) is 5.91 Å². The highest BCUT2D eigenvalue weighted by atomic mass is 35.5. The van der Waals surface area contributed by atoms with Gasteiger partial charge in [-0.05, 0) is 18.9 Å². The van der Waals surface area contributed by atoms with Crippen molar-refractivity contribution in [3.63, 3.8) is 0 Å². The SMILES string of the molecule is CCC(CC)c1cc(CNc2nnc(Cl)cc2C(N)=O)on1. The number of carbonyl (C=O) groups excluding carboxylic acids is 1. The summed E-state index contributed by atoms with van der Waals surface area (Å²) in [5.41, 5.74) is 6.40. The van der Waals surface area contributed by atoms with Crippen LogP contribution in [0.25, 0.3) is 0 Å². The number of rotatable bonds is 7. The fourth-order valence-corrected chi connectivity index (χ4v) is 2.32. The van der Waals surface area contributed by atoms with Crippen LogP contribution in [0, 0.1) is 0 Å². The number of nitrogens with two attached hydrogens (primary N) is 1. The number of nitrogens with one attached hydrogen (secondary N) is 1. The standard InChI is InChI=1S/C14H18ClN5O2/c1-3-8(4-2)11-5-9(22-20-11)7-17-14-10(13(16)21)6-12(15)18-19-14/h5-6,8H,3-4,7H2,1-2H3,(H2,16,21)(H,17,19). The predicted molar refractivity (Wildman–Crippen MR) is 82.7 cm³/mol. The number of hydrogen-bond acceptors (Lipinski definition) is 6. The molecule has 0 saturated carbocycles. The summed E-state index contributed by atoms with van der Waals surface area (Å²) in [4.78, 5) is 11.4. The van der Waals surface area contributed by atoms with Crippen LogP contribution in [0.4, 0.5) is 5.82 Å². The van der Waals surface area contributed by atoms with E-state index in [4.69, 9.17) is 21.9 Å². The van der Waals surface area contributed by atoms with Crippen molar-refractivity contribution in [1.82, 2.24) is 15.4 Å². The molecule has 0 aliphatic carbocycles. The summed E-state index contributed by atoms with van der Waals surface area (Å²) in [6, 6.07) is 3.27. The first-order valence-electron chi connectivity index (χ1n) is 7.07. The van der Waals surface area contributed by atoms with Gasteiger partial charge in [0.15, 0.2) is 16.7 Å². The van der Waals surface area contributed by atoms with E-state index in [1.54, 1.807) is 0 Å². The number of hydrogen-bond donors (Lipinski definition) is 2. The normalized spacial score (nSPS) is 10.9. The fourth-order valence-electron chi connectivity index (χ4n) is 2.17. The van der Waals surface area contributed by atoms with Gasteiger partial charge in [0.1, 0.15) is 0 Å². The average molecular weight is 324 g/mol. The van der Waals surface area contributed by atoms with Crippen LogP contribution in [0.2, 0.25) is 5.15 Å². The molecule has 0 bridgehead atoms. The third kappa shape index (κ3) is 3.73. The van der Waals surface area contributed by atoms with Gasteiger partial charge < -0.3 is 15.6 Å². The average Bonchev–Trinajstić information content (AvgIpc) is 2.96. The van der Waals surface area contributed by atoms with Crippen LogP contribution in [-0.4, -0.2) is 21.3 Å². The lowest BCUT2D eigenvalue weighted by Gasteiger charge is -2.07. The Hall–Kier alpha value is -2.15. The molecule has 22 heavy (non-hydrogen) atoms. The summed E-state index contributed by atoms with van der Waals surface area (Å²) in [7, 11) is 0. The molecule has 0 aliphatic rings. The highest BCUT2D eigenvalue weighted by Crippen LogP contribution is 2.23. The van der Waals surface area contributed by atoms with Crippen LogP contribution < -0.4 is 11.1 Å². The molecule has 2 heterocycles. The molecule has 118 valence electrons. The van der Waals surface area contributed by atoms with Crippen molar-refractivity contribution in [2.45, 2.75) is 39.2 Å². The Balaban J connectivity index is 2.09. The molecule has 0 unspecified atom stereocenters. The van der Waals surface area contributed by atoms with E-state index in [2.05, 4.69) is 34.5 Å². The maximum absolute atomic E-state index is 11.4. The first-order valence-corrected chi connectivity index (χ1v) is 7.45. The van der Waals surface area contributed by atoms with Crippen LogP contribution in [0.3, 0.4) is 0 Å². The lowest BCUT2D eigenvalue weighted by molar-refractivity contribution is 0.100. The van der Waals surface area contributed by atoms with Crippen LogP contribution in [0.5, 0.6) is 0 Å². The predicted octanol–water partition coefficient (Wildman–Crippen LogP) is 2.73. The molecule has 0 radical (unpaired) electrons. The van der Waals surface area contributed by atoms with Crippen molar-refractivity contribution in [1.29, 1.82) is 0 Å². The lowest BCUT2D eigenvalue weighted by Crippen LogP contribution is -2.16. The van der Waals surface area contributed by atoms with E-state index in [-0.39, 0.29) is 16.5 Å². The van der Waals surface area contributed by atoms with Crippen LogP contribution in [0.1, 0.15) is 54.4 Å².